The third kappa shape index (κ3) is 3.17. The van der Waals surface area contributed by atoms with Gasteiger partial charge in [-0.05, 0) is 44.9 Å². The molecule has 1 fully saturated rings. The maximum absolute atomic E-state index is 11.6. The summed E-state index contributed by atoms with van der Waals surface area (Å²) in [4.78, 5) is 16.8. The maximum atomic E-state index is 11.6. The quantitative estimate of drug-likeness (QED) is 0.818. The fourth-order valence-electron chi connectivity index (χ4n) is 2.54. The number of carbonyl (C=O) groups is 1. The number of hydrogen-bond acceptors (Lipinski definition) is 3. The van der Waals surface area contributed by atoms with E-state index in [9.17, 15) is 4.79 Å². The van der Waals surface area contributed by atoms with E-state index in [-0.39, 0.29) is 6.04 Å². The van der Waals surface area contributed by atoms with Gasteiger partial charge in [0, 0.05) is 16.3 Å². The fraction of sp³-hybridized carbons (Fsp3) is 0.643. The lowest BCUT2D eigenvalue weighted by molar-refractivity contribution is -0.123. The van der Waals surface area contributed by atoms with Gasteiger partial charge in [-0.2, -0.15) is 0 Å². The molecule has 0 aromatic carbocycles. The number of rotatable bonds is 4. The molecule has 1 unspecified atom stereocenters. The van der Waals surface area contributed by atoms with Crippen molar-refractivity contribution in [2.45, 2.75) is 52.1 Å². The van der Waals surface area contributed by atoms with E-state index in [2.05, 4.69) is 24.0 Å². The van der Waals surface area contributed by atoms with Crippen molar-refractivity contribution < 1.29 is 4.79 Å². The standard InChI is InChI=1S/C14H21NOS/c1-3-12-7-8-13(17-12)10-15-9-5-4-6-14(15)11(2)16/h7-8,14H,3-6,9-10H2,1-2H3. The van der Waals surface area contributed by atoms with Crippen LogP contribution in [0.1, 0.15) is 42.9 Å². The summed E-state index contributed by atoms with van der Waals surface area (Å²) in [6.45, 7) is 5.95. The Balaban J connectivity index is 2.02. The second-order valence-corrected chi connectivity index (χ2v) is 6.07. The van der Waals surface area contributed by atoms with Crippen LogP contribution in [-0.4, -0.2) is 23.3 Å². The number of Topliss-reactive ketones (excluding diaryl/α,β-unsaturated/α-hetero) is 1. The Morgan fingerprint density at radius 3 is 2.82 bits per heavy atom. The van der Waals surface area contributed by atoms with Crippen molar-refractivity contribution in [1.29, 1.82) is 0 Å². The van der Waals surface area contributed by atoms with Crippen LogP contribution in [0.3, 0.4) is 0 Å². The lowest BCUT2D eigenvalue weighted by Crippen LogP contribution is -2.42. The maximum Gasteiger partial charge on any atom is 0.146 e. The first-order valence-corrected chi connectivity index (χ1v) is 7.34. The van der Waals surface area contributed by atoms with E-state index >= 15 is 0 Å². The van der Waals surface area contributed by atoms with Crippen LogP contribution in [0, 0.1) is 0 Å². The molecule has 1 atom stereocenters. The van der Waals surface area contributed by atoms with Crippen molar-refractivity contribution in [3.8, 4) is 0 Å². The lowest BCUT2D eigenvalue weighted by Gasteiger charge is -2.33. The molecular weight excluding hydrogens is 230 g/mol. The van der Waals surface area contributed by atoms with Crippen LogP contribution in [0.5, 0.6) is 0 Å². The Morgan fingerprint density at radius 2 is 2.18 bits per heavy atom. The second kappa shape index (κ2) is 5.78. The number of nitrogens with zero attached hydrogens (tertiary/aromatic N) is 1. The molecule has 1 aromatic heterocycles. The Labute approximate surface area is 108 Å². The van der Waals surface area contributed by atoms with Crippen LogP contribution in [-0.2, 0) is 17.8 Å². The van der Waals surface area contributed by atoms with Crippen molar-refractivity contribution in [3.63, 3.8) is 0 Å². The van der Waals surface area contributed by atoms with Crippen LogP contribution in [0.15, 0.2) is 12.1 Å². The van der Waals surface area contributed by atoms with Gasteiger partial charge < -0.3 is 0 Å². The minimum atomic E-state index is 0.163. The van der Waals surface area contributed by atoms with Gasteiger partial charge in [-0.25, -0.2) is 0 Å². The Bertz CT molecular complexity index is 385. The number of hydrogen-bond donors (Lipinski definition) is 0. The molecule has 2 nitrogen and oxygen atoms in total. The normalized spacial score (nSPS) is 21.6. The number of ketones is 1. The van der Waals surface area contributed by atoms with Gasteiger partial charge in [-0.1, -0.05) is 13.3 Å². The Kier molecular flexibility index (Phi) is 4.35. The molecule has 1 saturated heterocycles. The molecule has 3 heteroatoms. The molecule has 1 aliphatic heterocycles. The first-order valence-electron chi connectivity index (χ1n) is 6.52. The Hall–Kier alpha value is -0.670. The van der Waals surface area contributed by atoms with Crippen LogP contribution >= 0.6 is 11.3 Å². The molecule has 0 radical (unpaired) electrons. The van der Waals surface area contributed by atoms with Crippen molar-refractivity contribution in [1.82, 2.24) is 4.90 Å². The minimum absolute atomic E-state index is 0.163. The summed E-state index contributed by atoms with van der Waals surface area (Å²) in [6, 6.07) is 4.60. The summed E-state index contributed by atoms with van der Waals surface area (Å²) in [5, 5.41) is 0. The molecule has 0 spiro atoms. The van der Waals surface area contributed by atoms with Crippen molar-refractivity contribution >= 4 is 17.1 Å². The molecule has 0 saturated carbocycles. The highest BCUT2D eigenvalue weighted by Crippen LogP contribution is 2.24. The van der Waals surface area contributed by atoms with Crippen LogP contribution < -0.4 is 0 Å². The van der Waals surface area contributed by atoms with Crippen molar-refractivity contribution in [3.05, 3.63) is 21.9 Å². The molecule has 0 bridgehead atoms. The minimum Gasteiger partial charge on any atom is -0.298 e. The molecule has 0 N–H and O–H groups in total. The average Bonchev–Trinajstić information content (AvgIpc) is 2.77. The van der Waals surface area contributed by atoms with Crippen LogP contribution in [0.2, 0.25) is 0 Å². The molecule has 0 aliphatic carbocycles. The zero-order valence-electron chi connectivity index (χ0n) is 10.7. The summed E-state index contributed by atoms with van der Waals surface area (Å²) >= 11 is 1.89. The number of carbonyl (C=O) groups excluding carboxylic acids is 1. The lowest BCUT2D eigenvalue weighted by atomic mass is 9.99. The average molecular weight is 251 g/mol. The fourth-order valence-corrected chi connectivity index (χ4v) is 3.52. The smallest absolute Gasteiger partial charge is 0.146 e. The highest BCUT2D eigenvalue weighted by molar-refractivity contribution is 7.11. The first kappa shape index (κ1) is 12.8. The Morgan fingerprint density at radius 1 is 1.41 bits per heavy atom. The zero-order chi connectivity index (χ0) is 12.3. The van der Waals surface area contributed by atoms with Gasteiger partial charge in [0.2, 0.25) is 0 Å². The zero-order valence-corrected chi connectivity index (χ0v) is 11.6. The number of likely N-dealkylation sites (tertiary alicyclic amines) is 1. The molecule has 2 rings (SSSR count). The SMILES string of the molecule is CCc1ccc(CN2CCCCC2C(C)=O)s1. The van der Waals surface area contributed by atoms with E-state index in [1.165, 1.54) is 22.6 Å². The van der Waals surface area contributed by atoms with Crippen molar-refractivity contribution in [2.75, 3.05) is 6.54 Å². The van der Waals surface area contributed by atoms with Gasteiger partial charge in [-0.3, -0.25) is 9.69 Å². The number of piperidine rings is 1. The molecular formula is C14H21NOS. The molecule has 0 amide bonds. The van der Waals surface area contributed by atoms with Crippen molar-refractivity contribution in [2.24, 2.45) is 0 Å². The van der Waals surface area contributed by atoms with E-state index in [4.69, 9.17) is 0 Å². The van der Waals surface area contributed by atoms with Gasteiger partial charge in [0.15, 0.2) is 0 Å². The molecule has 94 valence electrons. The monoisotopic (exact) mass is 251 g/mol. The molecule has 1 aromatic rings. The van der Waals surface area contributed by atoms with E-state index in [0.717, 1.165) is 25.9 Å². The van der Waals surface area contributed by atoms with Crippen LogP contribution in [0.4, 0.5) is 0 Å². The molecule has 1 aliphatic rings. The molecule has 17 heavy (non-hydrogen) atoms. The van der Waals surface area contributed by atoms with E-state index in [0.29, 0.717) is 5.78 Å². The second-order valence-electron chi connectivity index (χ2n) is 4.81. The predicted octanol–water partition coefficient (Wildman–Crippen LogP) is 3.25. The topological polar surface area (TPSA) is 20.3 Å². The van der Waals surface area contributed by atoms with Gasteiger partial charge >= 0.3 is 0 Å². The van der Waals surface area contributed by atoms with E-state index in [1.807, 2.05) is 11.3 Å². The first-order chi connectivity index (χ1) is 8.20. The highest BCUT2D eigenvalue weighted by atomic mass is 32.1. The van der Waals surface area contributed by atoms with Gasteiger partial charge in [-0.15, -0.1) is 11.3 Å². The highest BCUT2D eigenvalue weighted by Gasteiger charge is 2.26. The summed E-state index contributed by atoms with van der Waals surface area (Å²) in [6.07, 6.45) is 4.59. The van der Waals surface area contributed by atoms with Crippen LogP contribution in [0.25, 0.3) is 0 Å². The summed E-state index contributed by atoms with van der Waals surface area (Å²) in [5.41, 5.74) is 0. The predicted molar refractivity (Wildman–Crippen MR) is 72.4 cm³/mol. The van der Waals surface area contributed by atoms with E-state index in [1.54, 1.807) is 6.92 Å². The van der Waals surface area contributed by atoms with Gasteiger partial charge in [0.05, 0.1) is 6.04 Å². The summed E-state index contributed by atoms with van der Waals surface area (Å²) in [5.74, 6) is 0.331. The molecule has 2 heterocycles. The largest absolute Gasteiger partial charge is 0.298 e. The number of aryl methyl sites for hydroxylation is 1. The van der Waals surface area contributed by atoms with Gasteiger partial charge in [0.25, 0.3) is 0 Å². The third-order valence-electron chi connectivity index (χ3n) is 3.51. The third-order valence-corrected chi connectivity index (χ3v) is 4.72. The van der Waals surface area contributed by atoms with E-state index < -0.39 is 0 Å². The van der Waals surface area contributed by atoms with Gasteiger partial charge in [0.1, 0.15) is 5.78 Å². The summed E-state index contributed by atoms with van der Waals surface area (Å²) < 4.78 is 0. The summed E-state index contributed by atoms with van der Waals surface area (Å²) in [7, 11) is 0. The number of thiophene rings is 1.